The Labute approximate surface area is 105 Å². The standard InChI is InChI=1S/C9H9F11/c1-4(2,3)5(10,6(11,12)8(15,16)17)7(13,14)9(18,19)20/h1-3H3. The predicted molar refractivity (Wildman–Crippen MR) is 45.3 cm³/mol. The molecule has 0 N–H and O–H groups in total. The van der Waals surface area contributed by atoms with Crippen molar-refractivity contribution in [3.05, 3.63) is 0 Å². The third-order valence-corrected chi connectivity index (χ3v) is 2.61. The Balaban J connectivity index is 6.50. The summed E-state index contributed by atoms with van der Waals surface area (Å²) in [5.41, 5.74) is -9.59. The Bertz CT molecular complexity index is 328. The van der Waals surface area contributed by atoms with Crippen molar-refractivity contribution in [2.75, 3.05) is 0 Å². The van der Waals surface area contributed by atoms with Crippen molar-refractivity contribution < 1.29 is 48.3 Å². The molecule has 0 amide bonds. The number of rotatable bonds is 2. The fraction of sp³-hybridized carbons (Fsp3) is 1.00. The molecule has 0 fully saturated rings. The van der Waals surface area contributed by atoms with E-state index in [0.29, 0.717) is 0 Å². The van der Waals surface area contributed by atoms with Gasteiger partial charge in [0.15, 0.2) is 0 Å². The van der Waals surface area contributed by atoms with E-state index in [1.54, 1.807) is 0 Å². The normalized spacial score (nSPS) is 16.5. The zero-order chi connectivity index (χ0) is 17.0. The molecule has 0 aliphatic rings. The maximum absolute atomic E-state index is 13.9. The van der Waals surface area contributed by atoms with Gasteiger partial charge in [0.25, 0.3) is 5.67 Å². The summed E-state index contributed by atoms with van der Waals surface area (Å²) < 4.78 is 139. The molecule has 0 aromatic carbocycles. The minimum Gasteiger partial charge on any atom is -0.229 e. The first-order valence-electron chi connectivity index (χ1n) is 4.83. The van der Waals surface area contributed by atoms with Crippen molar-refractivity contribution in [1.29, 1.82) is 0 Å². The van der Waals surface area contributed by atoms with E-state index in [0.717, 1.165) is 0 Å². The Hall–Kier alpha value is -0.770. The summed E-state index contributed by atoms with van der Waals surface area (Å²) in [5.74, 6) is -13.8. The fourth-order valence-electron chi connectivity index (χ4n) is 1.53. The van der Waals surface area contributed by atoms with Crippen LogP contribution in [-0.4, -0.2) is 29.9 Å². The Morgan fingerprint density at radius 1 is 0.450 bits per heavy atom. The zero-order valence-electron chi connectivity index (χ0n) is 10.2. The van der Waals surface area contributed by atoms with Crippen LogP contribution in [0.15, 0.2) is 0 Å². The van der Waals surface area contributed by atoms with Gasteiger partial charge in [-0.15, -0.1) is 0 Å². The average Bonchev–Trinajstić information content (AvgIpc) is 2.10. The van der Waals surface area contributed by atoms with Crippen molar-refractivity contribution in [2.24, 2.45) is 5.41 Å². The van der Waals surface area contributed by atoms with Gasteiger partial charge in [-0.05, 0) is 0 Å². The molecule has 0 spiro atoms. The molecule has 0 unspecified atom stereocenters. The Morgan fingerprint density at radius 2 is 0.650 bits per heavy atom. The van der Waals surface area contributed by atoms with Gasteiger partial charge in [0.05, 0.1) is 0 Å². The zero-order valence-corrected chi connectivity index (χ0v) is 10.2. The van der Waals surface area contributed by atoms with Gasteiger partial charge in [-0.1, -0.05) is 20.8 Å². The van der Waals surface area contributed by atoms with Crippen molar-refractivity contribution in [2.45, 2.75) is 50.6 Å². The van der Waals surface area contributed by atoms with Crippen molar-refractivity contribution in [1.82, 2.24) is 0 Å². The highest BCUT2D eigenvalue weighted by Gasteiger charge is 2.88. The van der Waals surface area contributed by atoms with Crippen LogP contribution in [0.1, 0.15) is 20.8 Å². The summed E-state index contributed by atoms with van der Waals surface area (Å²) in [6, 6.07) is 0. The summed E-state index contributed by atoms with van der Waals surface area (Å²) in [6.07, 6.45) is -13.9. The summed E-state index contributed by atoms with van der Waals surface area (Å²) in [7, 11) is 0. The second-order valence-corrected chi connectivity index (χ2v) is 5.05. The molecule has 0 aliphatic heterocycles. The maximum Gasteiger partial charge on any atom is 0.457 e. The molecule has 0 radical (unpaired) electrons. The third-order valence-electron chi connectivity index (χ3n) is 2.61. The summed E-state index contributed by atoms with van der Waals surface area (Å²) in [4.78, 5) is 0. The minimum absolute atomic E-state index is 0.0896. The lowest BCUT2D eigenvalue weighted by Crippen LogP contribution is -2.72. The van der Waals surface area contributed by atoms with E-state index in [4.69, 9.17) is 0 Å². The molecule has 11 heteroatoms. The summed E-state index contributed by atoms with van der Waals surface area (Å²) in [5, 5.41) is 0. The van der Waals surface area contributed by atoms with Crippen LogP contribution in [0, 0.1) is 5.41 Å². The monoisotopic (exact) mass is 326 g/mol. The van der Waals surface area contributed by atoms with Gasteiger partial charge in [0.2, 0.25) is 0 Å². The van der Waals surface area contributed by atoms with E-state index in [1.165, 1.54) is 0 Å². The number of alkyl halides is 11. The Morgan fingerprint density at radius 3 is 0.750 bits per heavy atom. The minimum atomic E-state index is -6.93. The quantitative estimate of drug-likeness (QED) is 0.617. The van der Waals surface area contributed by atoms with E-state index in [2.05, 4.69) is 0 Å². The van der Waals surface area contributed by atoms with Gasteiger partial charge in [-0.2, -0.15) is 43.9 Å². The lowest BCUT2D eigenvalue weighted by molar-refractivity contribution is -0.424. The molecule has 0 aromatic rings. The van der Waals surface area contributed by atoms with Crippen LogP contribution in [0.25, 0.3) is 0 Å². The highest BCUT2D eigenvalue weighted by molar-refractivity contribution is 5.15. The number of halogens is 11. The first kappa shape index (κ1) is 19.2. The van der Waals surface area contributed by atoms with Crippen LogP contribution in [0.5, 0.6) is 0 Å². The molecule has 0 saturated heterocycles. The third kappa shape index (κ3) is 2.32. The van der Waals surface area contributed by atoms with Gasteiger partial charge < -0.3 is 0 Å². The van der Waals surface area contributed by atoms with E-state index in [1.807, 2.05) is 0 Å². The molecular formula is C9H9F11. The predicted octanol–water partition coefficient (Wildman–Crippen LogP) is 5.14. The topological polar surface area (TPSA) is 0 Å². The number of hydrogen-bond donors (Lipinski definition) is 0. The largest absolute Gasteiger partial charge is 0.457 e. The van der Waals surface area contributed by atoms with Crippen LogP contribution < -0.4 is 0 Å². The van der Waals surface area contributed by atoms with Gasteiger partial charge in [0.1, 0.15) is 0 Å². The molecule has 0 aromatic heterocycles. The number of hydrogen-bond acceptors (Lipinski definition) is 0. The highest BCUT2D eigenvalue weighted by atomic mass is 19.4. The molecule has 0 atom stereocenters. The fourth-order valence-corrected chi connectivity index (χ4v) is 1.53. The average molecular weight is 326 g/mol. The van der Waals surface area contributed by atoms with Crippen LogP contribution in [0.3, 0.4) is 0 Å². The smallest absolute Gasteiger partial charge is 0.229 e. The highest BCUT2D eigenvalue weighted by Crippen LogP contribution is 2.62. The molecule has 0 aliphatic carbocycles. The van der Waals surface area contributed by atoms with Gasteiger partial charge in [-0.25, -0.2) is 4.39 Å². The van der Waals surface area contributed by atoms with Gasteiger partial charge >= 0.3 is 24.2 Å². The first-order valence-corrected chi connectivity index (χ1v) is 4.83. The van der Waals surface area contributed by atoms with Gasteiger partial charge in [-0.3, -0.25) is 0 Å². The van der Waals surface area contributed by atoms with E-state index < -0.39 is 35.3 Å². The van der Waals surface area contributed by atoms with Crippen molar-refractivity contribution >= 4 is 0 Å². The molecule has 0 heterocycles. The van der Waals surface area contributed by atoms with Crippen LogP contribution in [0.2, 0.25) is 0 Å². The lowest BCUT2D eigenvalue weighted by Gasteiger charge is -2.47. The lowest BCUT2D eigenvalue weighted by atomic mass is 9.69. The van der Waals surface area contributed by atoms with Crippen molar-refractivity contribution in [3.8, 4) is 0 Å². The first-order chi connectivity index (χ1) is 8.25. The second-order valence-electron chi connectivity index (χ2n) is 5.05. The molecule has 0 bridgehead atoms. The summed E-state index contributed by atoms with van der Waals surface area (Å²) in [6.45, 7) is 0.269. The van der Waals surface area contributed by atoms with Gasteiger partial charge in [0, 0.05) is 5.41 Å². The molecule has 122 valence electrons. The Kier molecular flexibility index (Phi) is 4.19. The molecule has 0 saturated carbocycles. The van der Waals surface area contributed by atoms with E-state index >= 15 is 0 Å². The van der Waals surface area contributed by atoms with Crippen LogP contribution in [-0.2, 0) is 0 Å². The maximum atomic E-state index is 13.9. The van der Waals surface area contributed by atoms with Crippen molar-refractivity contribution in [3.63, 3.8) is 0 Å². The molecule has 0 rings (SSSR count). The second kappa shape index (κ2) is 4.36. The van der Waals surface area contributed by atoms with Crippen LogP contribution >= 0.6 is 0 Å². The van der Waals surface area contributed by atoms with E-state index in [9.17, 15) is 48.3 Å². The molecule has 0 nitrogen and oxygen atoms in total. The van der Waals surface area contributed by atoms with Crippen LogP contribution in [0.4, 0.5) is 48.3 Å². The molecule has 20 heavy (non-hydrogen) atoms. The summed E-state index contributed by atoms with van der Waals surface area (Å²) >= 11 is 0. The SMILES string of the molecule is CC(C)(C)C(F)(C(F)(F)C(F)(F)F)C(F)(F)C(F)(F)F. The molecular weight excluding hydrogens is 317 g/mol. The van der Waals surface area contributed by atoms with E-state index in [-0.39, 0.29) is 20.8 Å².